The number of imidazole rings is 1. The number of rotatable bonds is 8. The smallest absolute Gasteiger partial charge is 0.334 e. The summed E-state index contributed by atoms with van der Waals surface area (Å²) in [5.41, 5.74) is 3.50. The minimum absolute atomic E-state index is 0.503. The Bertz CT molecular complexity index is 736. The summed E-state index contributed by atoms with van der Waals surface area (Å²) >= 11 is 0. The fraction of sp³-hybridized carbons (Fsp3) is 0.450. The molecule has 1 aliphatic heterocycles. The van der Waals surface area contributed by atoms with Gasteiger partial charge in [-0.1, -0.05) is 18.6 Å². The summed E-state index contributed by atoms with van der Waals surface area (Å²) in [6.45, 7) is 4.04. The molecule has 0 atom stereocenters. The van der Waals surface area contributed by atoms with Gasteiger partial charge < -0.3 is 9.47 Å². The van der Waals surface area contributed by atoms with E-state index in [2.05, 4.69) is 15.4 Å². The molecule has 1 aromatic heterocycles. The number of hydroxylamine groups is 1. The highest BCUT2D eigenvalue weighted by atomic mass is 19.4. The zero-order valence-electron chi connectivity index (χ0n) is 15.7. The fourth-order valence-electron chi connectivity index (χ4n) is 3.14. The van der Waals surface area contributed by atoms with Crippen molar-refractivity contribution in [3.05, 3.63) is 60.2 Å². The highest BCUT2D eigenvalue weighted by Crippen LogP contribution is 2.29. The van der Waals surface area contributed by atoms with E-state index < -0.39 is 11.7 Å². The van der Waals surface area contributed by atoms with Crippen LogP contribution in [0.3, 0.4) is 0 Å². The van der Waals surface area contributed by atoms with Crippen molar-refractivity contribution < 1.29 is 18.0 Å². The Labute approximate surface area is 162 Å². The van der Waals surface area contributed by atoms with Crippen molar-refractivity contribution >= 4 is 5.70 Å². The Kier molecular flexibility index (Phi) is 7.11. The Morgan fingerprint density at radius 1 is 1.14 bits per heavy atom. The average molecular weight is 394 g/mol. The summed E-state index contributed by atoms with van der Waals surface area (Å²) in [4.78, 5) is 12.0. The Morgan fingerprint density at radius 3 is 2.54 bits per heavy atom. The van der Waals surface area contributed by atoms with Gasteiger partial charge in [0.05, 0.1) is 24.2 Å². The number of nitrogens with zero attached hydrogens (tertiary/aromatic N) is 3. The van der Waals surface area contributed by atoms with Gasteiger partial charge in [-0.3, -0.25) is 10.3 Å². The van der Waals surface area contributed by atoms with E-state index in [9.17, 15) is 13.2 Å². The van der Waals surface area contributed by atoms with Crippen molar-refractivity contribution in [1.29, 1.82) is 0 Å². The van der Waals surface area contributed by atoms with Gasteiger partial charge in [-0.2, -0.15) is 13.2 Å². The molecule has 1 aromatic carbocycles. The van der Waals surface area contributed by atoms with Crippen LogP contribution in [0.15, 0.2) is 49.1 Å². The molecule has 0 unspecified atom stereocenters. The van der Waals surface area contributed by atoms with Crippen LogP contribution in [0.1, 0.15) is 30.4 Å². The molecule has 28 heavy (non-hydrogen) atoms. The quantitative estimate of drug-likeness (QED) is 0.544. The summed E-state index contributed by atoms with van der Waals surface area (Å²) in [6.07, 6.45) is 6.40. The van der Waals surface area contributed by atoms with Gasteiger partial charge in [-0.15, -0.1) is 0 Å². The molecule has 0 spiro atoms. The number of hydrogen-bond acceptors (Lipinski definition) is 4. The van der Waals surface area contributed by atoms with Crippen LogP contribution in [0.2, 0.25) is 0 Å². The van der Waals surface area contributed by atoms with Crippen molar-refractivity contribution in [3.8, 4) is 0 Å². The molecule has 2 aromatic rings. The van der Waals surface area contributed by atoms with Crippen molar-refractivity contribution in [2.75, 3.05) is 26.2 Å². The molecule has 5 nitrogen and oxygen atoms in total. The van der Waals surface area contributed by atoms with Crippen LogP contribution in [0.4, 0.5) is 13.2 Å². The van der Waals surface area contributed by atoms with Crippen LogP contribution < -0.4 is 5.48 Å². The van der Waals surface area contributed by atoms with E-state index in [0.717, 1.165) is 31.8 Å². The van der Waals surface area contributed by atoms with Crippen LogP contribution in [-0.4, -0.2) is 40.7 Å². The number of likely N-dealkylation sites (tertiary alicyclic amines) is 1. The summed E-state index contributed by atoms with van der Waals surface area (Å²) in [5.74, 6) is 0. The first-order valence-corrected chi connectivity index (χ1v) is 9.46. The second-order valence-electron chi connectivity index (χ2n) is 6.81. The van der Waals surface area contributed by atoms with Crippen LogP contribution in [0.25, 0.3) is 5.70 Å². The molecule has 0 bridgehead atoms. The van der Waals surface area contributed by atoms with E-state index in [1.165, 1.54) is 31.4 Å². The lowest BCUT2D eigenvalue weighted by atomic mass is 10.1. The molecule has 1 aliphatic rings. The van der Waals surface area contributed by atoms with Crippen molar-refractivity contribution in [2.45, 2.75) is 32.0 Å². The maximum Gasteiger partial charge on any atom is 0.416 e. The topological polar surface area (TPSA) is 42.3 Å². The third-order valence-electron chi connectivity index (χ3n) is 4.73. The fourth-order valence-corrected chi connectivity index (χ4v) is 3.14. The van der Waals surface area contributed by atoms with Gasteiger partial charge in [0.1, 0.15) is 0 Å². The second kappa shape index (κ2) is 9.75. The standard InChI is InChI=1S/C20H25F3N4O/c21-20(22,23)18-6-4-17(5-7-18)19(8-12-27-13-9-24-16-27)25-28-15-14-26-10-2-1-3-11-26/h4-9,13,16,25H,1-3,10-12,14-15H2. The minimum Gasteiger partial charge on any atom is -0.334 e. The third-order valence-corrected chi connectivity index (χ3v) is 4.73. The van der Waals surface area contributed by atoms with Crippen molar-refractivity contribution in [1.82, 2.24) is 19.9 Å². The number of allylic oxidation sites excluding steroid dienone is 1. The normalized spacial score (nSPS) is 16.3. The molecule has 152 valence electrons. The van der Waals surface area contributed by atoms with Gasteiger partial charge in [0.2, 0.25) is 0 Å². The van der Waals surface area contributed by atoms with Crippen LogP contribution in [0.5, 0.6) is 0 Å². The lowest BCUT2D eigenvalue weighted by Gasteiger charge is -2.26. The first-order valence-electron chi connectivity index (χ1n) is 9.46. The summed E-state index contributed by atoms with van der Waals surface area (Å²) in [7, 11) is 0. The zero-order valence-corrected chi connectivity index (χ0v) is 15.7. The lowest BCUT2D eigenvalue weighted by molar-refractivity contribution is -0.137. The molecule has 1 saturated heterocycles. The Morgan fingerprint density at radius 2 is 1.89 bits per heavy atom. The van der Waals surface area contributed by atoms with E-state index in [1.54, 1.807) is 12.5 Å². The van der Waals surface area contributed by atoms with Crippen LogP contribution >= 0.6 is 0 Å². The molecule has 0 amide bonds. The molecule has 0 saturated carbocycles. The van der Waals surface area contributed by atoms with Crippen LogP contribution in [0, 0.1) is 0 Å². The van der Waals surface area contributed by atoms with E-state index in [1.807, 2.05) is 16.8 Å². The van der Waals surface area contributed by atoms with Crippen molar-refractivity contribution in [2.24, 2.45) is 0 Å². The van der Waals surface area contributed by atoms with Crippen LogP contribution in [-0.2, 0) is 17.6 Å². The van der Waals surface area contributed by atoms with Gasteiger partial charge in [0, 0.05) is 25.5 Å². The third kappa shape index (κ3) is 6.10. The monoisotopic (exact) mass is 394 g/mol. The predicted molar refractivity (Wildman–Crippen MR) is 101 cm³/mol. The lowest BCUT2D eigenvalue weighted by Crippen LogP contribution is -2.33. The number of piperidine rings is 1. The van der Waals surface area contributed by atoms with E-state index in [4.69, 9.17) is 4.84 Å². The predicted octanol–water partition coefficient (Wildman–Crippen LogP) is 3.95. The summed E-state index contributed by atoms with van der Waals surface area (Å²) in [6, 6.07) is 5.05. The van der Waals surface area contributed by atoms with E-state index in [-0.39, 0.29) is 0 Å². The molecule has 0 aliphatic carbocycles. The van der Waals surface area contributed by atoms with E-state index >= 15 is 0 Å². The van der Waals surface area contributed by atoms with Crippen molar-refractivity contribution in [3.63, 3.8) is 0 Å². The molecule has 1 N–H and O–H groups in total. The van der Waals surface area contributed by atoms with E-state index in [0.29, 0.717) is 24.4 Å². The highest BCUT2D eigenvalue weighted by Gasteiger charge is 2.30. The molecular formula is C20H25F3N4O. The van der Waals surface area contributed by atoms with Gasteiger partial charge >= 0.3 is 6.18 Å². The number of alkyl halides is 3. The Hall–Kier alpha value is -2.32. The summed E-state index contributed by atoms with van der Waals surface area (Å²) < 4.78 is 40.3. The maximum atomic E-state index is 12.8. The number of halogens is 3. The summed E-state index contributed by atoms with van der Waals surface area (Å²) in [5, 5.41) is 0. The second-order valence-corrected chi connectivity index (χ2v) is 6.81. The van der Waals surface area contributed by atoms with Gasteiger partial charge in [0.15, 0.2) is 0 Å². The van der Waals surface area contributed by atoms with Gasteiger partial charge in [-0.25, -0.2) is 4.98 Å². The highest BCUT2D eigenvalue weighted by molar-refractivity contribution is 5.63. The largest absolute Gasteiger partial charge is 0.416 e. The van der Waals surface area contributed by atoms with Gasteiger partial charge in [0.25, 0.3) is 0 Å². The zero-order chi connectivity index (χ0) is 19.8. The first-order chi connectivity index (χ1) is 13.5. The van der Waals surface area contributed by atoms with Gasteiger partial charge in [-0.05, 0) is 49.7 Å². The number of hydrogen-bond donors (Lipinski definition) is 1. The molecule has 3 rings (SSSR count). The molecule has 8 heteroatoms. The maximum absolute atomic E-state index is 12.8. The number of aromatic nitrogens is 2. The SMILES string of the molecule is FC(F)(F)c1ccc(C(=CCn2ccnc2)NOCCN2CCCCC2)cc1. The molecule has 0 radical (unpaired) electrons. The molecule has 1 fully saturated rings. The molecule has 2 heterocycles. The first kappa shape index (κ1) is 20.4. The Balaban J connectivity index is 1.62. The molecular weight excluding hydrogens is 369 g/mol. The number of benzene rings is 1. The average Bonchev–Trinajstić information content (AvgIpc) is 3.21. The number of nitrogens with one attached hydrogen (secondary N) is 1. The minimum atomic E-state index is -4.35.